The van der Waals surface area contributed by atoms with E-state index in [1.807, 2.05) is 0 Å². The Morgan fingerprint density at radius 3 is 2.84 bits per heavy atom. The molecule has 0 bridgehead atoms. The molecule has 1 aliphatic heterocycles. The largest absolute Gasteiger partial charge is 0.497 e. The summed E-state index contributed by atoms with van der Waals surface area (Å²) in [5.41, 5.74) is 0.246. The van der Waals surface area contributed by atoms with E-state index in [9.17, 15) is 13.6 Å². The van der Waals surface area contributed by atoms with Crippen LogP contribution in [-0.2, 0) is 4.74 Å². The third kappa shape index (κ3) is 3.27. The predicted molar refractivity (Wildman–Crippen MR) is 70.1 cm³/mol. The number of ether oxygens (including phenoxy) is 2. The van der Waals surface area contributed by atoms with Crippen LogP contribution in [0.15, 0.2) is 22.7 Å². The Hall–Kier alpha value is -1.08. The van der Waals surface area contributed by atoms with Gasteiger partial charge in [-0.15, -0.1) is 12.4 Å². The SMILES string of the molecule is COc1ccc(Br)c([C@@H]2NC(=O)OCC2(F)F)c1.Cl. The van der Waals surface area contributed by atoms with Crippen molar-refractivity contribution in [3.63, 3.8) is 0 Å². The summed E-state index contributed by atoms with van der Waals surface area (Å²) in [7, 11) is 1.44. The van der Waals surface area contributed by atoms with E-state index in [1.54, 1.807) is 12.1 Å². The van der Waals surface area contributed by atoms with Gasteiger partial charge in [0, 0.05) is 4.47 Å². The van der Waals surface area contributed by atoms with Crippen LogP contribution in [0.4, 0.5) is 13.6 Å². The summed E-state index contributed by atoms with van der Waals surface area (Å²) in [4.78, 5) is 11.1. The summed E-state index contributed by atoms with van der Waals surface area (Å²) < 4.78 is 37.2. The van der Waals surface area contributed by atoms with Gasteiger partial charge in [-0.3, -0.25) is 0 Å². The molecule has 1 amide bonds. The normalized spacial score (nSPS) is 20.8. The van der Waals surface area contributed by atoms with Crippen LogP contribution in [0, 0.1) is 0 Å². The van der Waals surface area contributed by atoms with E-state index in [2.05, 4.69) is 26.0 Å². The Morgan fingerprint density at radius 2 is 2.21 bits per heavy atom. The van der Waals surface area contributed by atoms with Crippen LogP contribution >= 0.6 is 28.3 Å². The van der Waals surface area contributed by atoms with Crippen molar-refractivity contribution in [1.29, 1.82) is 0 Å². The zero-order valence-corrected chi connectivity index (χ0v) is 12.2. The van der Waals surface area contributed by atoms with Gasteiger partial charge in [-0.05, 0) is 23.8 Å². The molecule has 19 heavy (non-hydrogen) atoms. The Kier molecular flexibility index (Phi) is 4.98. The molecular weight excluding hydrogens is 347 g/mol. The minimum atomic E-state index is -3.18. The zero-order chi connectivity index (χ0) is 13.3. The minimum Gasteiger partial charge on any atom is -0.497 e. The van der Waals surface area contributed by atoms with Crippen molar-refractivity contribution >= 4 is 34.4 Å². The van der Waals surface area contributed by atoms with E-state index in [-0.39, 0.29) is 18.0 Å². The minimum absolute atomic E-state index is 0. The van der Waals surface area contributed by atoms with E-state index in [0.29, 0.717) is 10.2 Å². The first-order valence-corrected chi connectivity index (χ1v) is 5.88. The van der Waals surface area contributed by atoms with Crippen LogP contribution < -0.4 is 10.1 Å². The van der Waals surface area contributed by atoms with Gasteiger partial charge in [0.25, 0.3) is 0 Å². The molecule has 106 valence electrons. The highest BCUT2D eigenvalue weighted by Gasteiger charge is 2.47. The van der Waals surface area contributed by atoms with Crippen molar-refractivity contribution in [2.24, 2.45) is 0 Å². The third-order valence-corrected chi connectivity index (χ3v) is 3.32. The molecule has 4 nitrogen and oxygen atoms in total. The standard InChI is InChI=1S/C11H10BrF2NO3.ClH/c1-17-6-2-3-8(12)7(4-6)9-11(13,14)5-18-10(16)15-9;/h2-4,9H,5H2,1H3,(H,15,16);1H/t9-;/m0./s1. The number of carbonyl (C=O) groups excluding carboxylic acids is 1. The van der Waals surface area contributed by atoms with Crippen LogP contribution in [0.3, 0.4) is 0 Å². The highest BCUT2D eigenvalue weighted by molar-refractivity contribution is 9.10. The maximum atomic E-state index is 13.7. The molecule has 8 heteroatoms. The molecule has 1 fully saturated rings. The van der Waals surface area contributed by atoms with Gasteiger partial charge < -0.3 is 14.8 Å². The molecule has 0 radical (unpaired) electrons. The van der Waals surface area contributed by atoms with Crippen molar-refractivity contribution in [2.45, 2.75) is 12.0 Å². The lowest BCUT2D eigenvalue weighted by Crippen LogP contribution is -2.49. The zero-order valence-electron chi connectivity index (χ0n) is 9.78. The second-order valence-corrected chi connectivity index (χ2v) is 4.66. The number of alkyl halides is 2. The van der Waals surface area contributed by atoms with E-state index >= 15 is 0 Å². The molecule has 1 atom stereocenters. The molecule has 0 saturated carbocycles. The molecule has 0 unspecified atom stereocenters. The first kappa shape index (κ1) is 16.0. The first-order valence-electron chi connectivity index (χ1n) is 5.08. The molecule has 1 saturated heterocycles. The molecule has 0 spiro atoms. The number of rotatable bonds is 2. The lowest BCUT2D eigenvalue weighted by molar-refractivity contribution is -0.104. The average molecular weight is 359 g/mol. The third-order valence-electron chi connectivity index (χ3n) is 2.59. The molecule has 0 aromatic heterocycles. The number of hydrogen-bond donors (Lipinski definition) is 1. The fourth-order valence-corrected chi connectivity index (χ4v) is 2.16. The van der Waals surface area contributed by atoms with Gasteiger partial charge in [-0.1, -0.05) is 15.9 Å². The van der Waals surface area contributed by atoms with Gasteiger partial charge >= 0.3 is 12.0 Å². The van der Waals surface area contributed by atoms with Gasteiger partial charge in [-0.2, -0.15) is 0 Å². The quantitative estimate of drug-likeness (QED) is 0.882. The van der Waals surface area contributed by atoms with Crippen molar-refractivity contribution in [1.82, 2.24) is 5.32 Å². The Morgan fingerprint density at radius 1 is 1.53 bits per heavy atom. The summed E-state index contributed by atoms with van der Waals surface area (Å²) in [5, 5.41) is 2.12. The molecule has 1 heterocycles. The highest BCUT2D eigenvalue weighted by atomic mass is 79.9. The van der Waals surface area contributed by atoms with Gasteiger partial charge in [0.05, 0.1) is 7.11 Å². The van der Waals surface area contributed by atoms with Crippen LogP contribution in [-0.4, -0.2) is 25.7 Å². The number of amides is 1. The smallest absolute Gasteiger partial charge is 0.408 e. The van der Waals surface area contributed by atoms with Gasteiger partial charge in [0.2, 0.25) is 0 Å². The van der Waals surface area contributed by atoms with Crippen molar-refractivity contribution in [3.05, 3.63) is 28.2 Å². The number of alkyl carbamates (subject to hydrolysis) is 1. The fraction of sp³-hybridized carbons (Fsp3) is 0.364. The van der Waals surface area contributed by atoms with E-state index < -0.39 is 24.7 Å². The topological polar surface area (TPSA) is 47.6 Å². The number of halogens is 4. The highest BCUT2D eigenvalue weighted by Crippen LogP contribution is 2.38. The van der Waals surface area contributed by atoms with Crippen LogP contribution in [0.2, 0.25) is 0 Å². The maximum Gasteiger partial charge on any atom is 0.408 e. The summed E-state index contributed by atoms with van der Waals surface area (Å²) in [6.07, 6.45) is -0.861. The molecule has 0 aliphatic carbocycles. The monoisotopic (exact) mass is 357 g/mol. The summed E-state index contributed by atoms with van der Waals surface area (Å²) in [6, 6.07) is 3.23. The number of hydrogen-bond acceptors (Lipinski definition) is 3. The number of nitrogens with one attached hydrogen (secondary N) is 1. The first-order chi connectivity index (χ1) is 8.44. The lowest BCUT2D eigenvalue weighted by Gasteiger charge is -2.32. The molecule has 1 N–H and O–H groups in total. The number of carbonyl (C=O) groups is 1. The second kappa shape index (κ2) is 5.92. The summed E-state index contributed by atoms with van der Waals surface area (Å²) in [5.74, 6) is -2.74. The molecule has 2 rings (SSSR count). The van der Waals surface area contributed by atoms with E-state index in [0.717, 1.165) is 0 Å². The number of benzene rings is 1. The van der Waals surface area contributed by atoms with Crippen molar-refractivity contribution in [2.75, 3.05) is 13.7 Å². The van der Waals surface area contributed by atoms with Gasteiger partial charge in [0.15, 0.2) is 6.61 Å². The Balaban J connectivity index is 0.00000180. The maximum absolute atomic E-state index is 13.7. The Bertz CT molecular complexity index is 487. The predicted octanol–water partition coefficient (Wildman–Crippen LogP) is 3.30. The van der Waals surface area contributed by atoms with Crippen molar-refractivity contribution < 1.29 is 23.0 Å². The second-order valence-electron chi connectivity index (χ2n) is 3.80. The van der Waals surface area contributed by atoms with Crippen LogP contribution in [0.5, 0.6) is 5.75 Å². The molecule has 1 aromatic rings. The van der Waals surface area contributed by atoms with Gasteiger partial charge in [-0.25, -0.2) is 13.6 Å². The van der Waals surface area contributed by atoms with Crippen LogP contribution in [0.25, 0.3) is 0 Å². The molecule has 1 aromatic carbocycles. The van der Waals surface area contributed by atoms with Crippen molar-refractivity contribution in [3.8, 4) is 5.75 Å². The average Bonchev–Trinajstić information content (AvgIpc) is 2.33. The molecule has 1 aliphatic rings. The van der Waals surface area contributed by atoms with Crippen LogP contribution in [0.1, 0.15) is 11.6 Å². The fourth-order valence-electron chi connectivity index (χ4n) is 1.69. The van der Waals surface area contributed by atoms with E-state index in [1.165, 1.54) is 13.2 Å². The van der Waals surface area contributed by atoms with E-state index in [4.69, 9.17) is 4.74 Å². The summed E-state index contributed by atoms with van der Waals surface area (Å²) >= 11 is 3.19. The number of methoxy groups -OCH3 is 1. The molecular formula is C11H11BrClF2NO3. The van der Waals surface area contributed by atoms with Gasteiger partial charge in [0.1, 0.15) is 11.8 Å². The lowest BCUT2D eigenvalue weighted by atomic mass is 10.00. The summed E-state index contributed by atoms with van der Waals surface area (Å²) in [6.45, 7) is -0.937. The number of cyclic esters (lactones) is 1. The Labute approximate surface area is 123 Å².